The minimum Gasteiger partial charge on any atom is -0.419 e. The molecule has 2 heterocycles. The van der Waals surface area contributed by atoms with Crippen LogP contribution in [0.25, 0.3) is 11.5 Å². The Hall–Kier alpha value is -2.23. The van der Waals surface area contributed by atoms with Gasteiger partial charge in [-0.1, -0.05) is 11.6 Å². The first-order valence-electron chi connectivity index (χ1n) is 7.75. The number of aryl methyl sites for hydroxylation is 1. The van der Waals surface area contributed by atoms with Crippen LogP contribution < -0.4 is 0 Å². The maximum Gasteiger partial charge on any atom is 0.247 e. The van der Waals surface area contributed by atoms with Crippen LogP contribution in [0.1, 0.15) is 17.3 Å². The van der Waals surface area contributed by atoms with Gasteiger partial charge in [0.15, 0.2) is 0 Å². The minimum atomic E-state index is -3.58. The fourth-order valence-corrected chi connectivity index (χ4v) is 3.93. The molecule has 0 aliphatic rings. The predicted molar refractivity (Wildman–Crippen MR) is 96.4 cm³/mol. The third-order valence-electron chi connectivity index (χ3n) is 3.90. The van der Waals surface area contributed by atoms with E-state index < -0.39 is 10.0 Å². The zero-order valence-electron chi connectivity index (χ0n) is 14.8. The fraction of sp³-hybridized carbons (Fsp3) is 0.312. The average Bonchev–Trinajstić information content (AvgIpc) is 3.13. The second kappa shape index (κ2) is 6.82. The van der Waals surface area contributed by atoms with Gasteiger partial charge in [0.05, 0.1) is 11.4 Å². The molecule has 0 aliphatic carbocycles. The SMILES string of the molecule is Cc1nn(Cc2nnc(-c3ccc(Cl)cc3)o2)c(C)c1S(=O)(=O)N(C)C. The number of nitrogens with zero attached hydrogens (tertiary/aromatic N) is 5. The van der Waals surface area contributed by atoms with Crippen LogP contribution in [0.5, 0.6) is 0 Å². The van der Waals surface area contributed by atoms with E-state index in [1.165, 1.54) is 18.4 Å². The lowest BCUT2D eigenvalue weighted by atomic mass is 10.2. The van der Waals surface area contributed by atoms with Crippen molar-refractivity contribution in [2.24, 2.45) is 0 Å². The van der Waals surface area contributed by atoms with Crippen molar-refractivity contribution in [2.75, 3.05) is 14.1 Å². The molecule has 2 aromatic heterocycles. The molecular weight excluding hydrogens is 378 g/mol. The normalized spacial score (nSPS) is 12.1. The highest BCUT2D eigenvalue weighted by Gasteiger charge is 2.27. The summed E-state index contributed by atoms with van der Waals surface area (Å²) in [5, 5.41) is 13.0. The number of sulfonamides is 1. The molecule has 1 aromatic carbocycles. The Morgan fingerprint density at radius 1 is 1.15 bits per heavy atom. The monoisotopic (exact) mass is 395 g/mol. The zero-order valence-corrected chi connectivity index (χ0v) is 16.3. The van der Waals surface area contributed by atoms with E-state index in [1.54, 1.807) is 42.8 Å². The average molecular weight is 396 g/mol. The number of hydrogen-bond donors (Lipinski definition) is 0. The van der Waals surface area contributed by atoms with Crippen LogP contribution in [0.4, 0.5) is 0 Å². The third-order valence-corrected chi connectivity index (χ3v) is 6.22. The second-order valence-corrected chi connectivity index (χ2v) is 8.48. The molecule has 0 spiro atoms. The largest absolute Gasteiger partial charge is 0.419 e. The Labute approximate surface area is 156 Å². The van der Waals surface area contributed by atoms with E-state index in [1.807, 2.05) is 0 Å². The summed E-state index contributed by atoms with van der Waals surface area (Å²) in [4.78, 5) is 0.194. The molecule has 3 aromatic rings. The van der Waals surface area contributed by atoms with E-state index in [0.29, 0.717) is 28.2 Å². The summed E-state index contributed by atoms with van der Waals surface area (Å²) in [6.45, 7) is 3.54. The van der Waals surface area contributed by atoms with Gasteiger partial charge in [-0.3, -0.25) is 4.68 Å². The van der Waals surface area contributed by atoms with Gasteiger partial charge in [0.25, 0.3) is 0 Å². The standard InChI is InChI=1S/C16H18ClN5O3S/c1-10-15(26(23,24)21(3)4)11(2)22(20-10)9-14-18-19-16(25-14)12-5-7-13(17)8-6-12/h5-8H,9H2,1-4H3. The molecule has 0 aliphatic heterocycles. The molecule has 0 fully saturated rings. The van der Waals surface area contributed by atoms with E-state index in [2.05, 4.69) is 15.3 Å². The molecule has 0 saturated heterocycles. The number of rotatable bonds is 5. The number of benzene rings is 1. The van der Waals surface area contributed by atoms with Gasteiger partial charge in [0.1, 0.15) is 11.4 Å². The molecule has 0 unspecified atom stereocenters. The first-order valence-corrected chi connectivity index (χ1v) is 9.57. The molecule has 0 bridgehead atoms. The van der Waals surface area contributed by atoms with Crippen LogP contribution in [-0.2, 0) is 16.6 Å². The Kier molecular flexibility index (Phi) is 4.87. The summed E-state index contributed by atoms with van der Waals surface area (Å²) >= 11 is 5.87. The van der Waals surface area contributed by atoms with Crippen molar-refractivity contribution in [3.8, 4) is 11.5 Å². The Bertz CT molecular complexity index is 1040. The fourth-order valence-electron chi connectivity index (χ4n) is 2.55. The van der Waals surface area contributed by atoms with Gasteiger partial charge >= 0.3 is 0 Å². The summed E-state index contributed by atoms with van der Waals surface area (Å²) in [6.07, 6.45) is 0. The lowest BCUT2D eigenvalue weighted by molar-refractivity contribution is 0.468. The molecular formula is C16H18ClN5O3S. The molecule has 3 rings (SSSR count). The summed E-state index contributed by atoms with van der Waals surface area (Å²) in [7, 11) is -0.605. The van der Waals surface area contributed by atoms with Gasteiger partial charge in [0, 0.05) is 24.7 Å². The van der Waals surface area contributed by atoms with Crippen molar-refractivity contribution in [1.29, 1.82) is 0 Å². The second-order valence-electron chi connectivity index (χ2n) is 5.95. The zero-order chi connectivity index (χ0) is 19.1. The molecule has 26 heavy (non-hydrogen) atoms. The molecule has 0 radical (unpaired) electrons. The van der Waals surface area contributed by atoms with E-state index in [0.717, 1.165) is 5.56 Å². The Morgan fingerprint density at radius 2 is 1.81 bits per heavy atom. The topological polar surface area (TPSA) is 94.1 Å². The van der Waals surface area contributed by atoms with Gasteiger partial charge in [-0.2, -0.15) is 5.10 Å². The quantitative estimate of drug-likeness (QED) is 0.658. The lowest BCUT2D eigenvalue weighted by Gasteiger charge is -2.11. The van der Waals surface area contributed by atoms with Gasteiger partial charge in [0.2, 0.25) is 21.8 Å². The van der Waals surface area contributed by atoms with Gasteiger partial charge in [-0.15, -0.1) is 10.2 Å². The Balaban J connectivity index is 1.90. The molecule has 138 valence electrons. The summed E-state index contributed by atoms with van der Waals surface area (Å²) in [6, 6.07) is 7.04. The maximum absolute atomic E-state index is 12.5. The van der Waals surface area contributed by atoms with Crippen molar-refractivity contribution in [3.63, 3.8) is 0 Å². The molecule has 0 saturated carbocycles. The highest BCUT2D eigenvalue weighted by Crippen LogP contribution is 2.24. The van der Waals surface area contributed by atoms with Crippen molar-refractivity contribution < 1.29 is 12.8 Å². The predicted octanol–water partition coefficient (Wildman–Crippen LogP) is 2.50. The van der Waals surface area contributed by atoms with E-state index >= 15 is 0 Å². The summed E-state index contributed by atoms with van der Waals surface area (Å²) in [5.41, 5.74) is 1.69. The van der Waals surface area contributed by atoms with Crippen molar-refractivity contribution >= 4 is 21.6 Å². The highest BCUT2D eigenvalue weighted by atomic mass is 35.5. The third kappa shape index (κ3) is 3.37. The van der Waals surface area contributed by atoms with Crippen molar-refractivity contribution in [3.05, 3.63) is 46.6 Å². The first-order chi connectivity index (χ1) is 12.2. The van der Waals surface area contributed by atoms with Gasteiger partial charge in [-0.05, 0) is 38.1 Å². The van der Waals surface area contributed by atoms with Crippen molar-refractivity contribution in [2.45, 2.75) is 25.3 Å². The van der Waals surface area contributed by atoms with Crippen LogP contribution in [0.15, 0.2) is 33.6 Å². The molecule has 0 amide bonds. The number of halogens is 1. The maximum atomic E-state index is 12.5. The molecule has 0 N–H and O–H groups in total. The van der Waals surface area contributed by atoms with Crippen molar-refractivity contribution in [1.82, 2.24) is 24.3 Å². The van der Waals surface area contributed by atoms with Crippen LogP contribution in [0, 0.1) is 13.8 Å². The smallest absolute Gasteiger partial charge is 0.247 e. The highest BCUT2D eigenvalue weighted by molar-refractivity contribution is 7.89. The summed E-state index contributed by atoms with van der Waals surface area (Å²) in [5.74, 6) is 0.689. The number of hydrogen-bond acceptors (Lipinski definition) is 6. The van der Waals surface area contributed by atoms with E-state index in [4.69, 9.17) is 16.0 Å². The number of aromatic nitrogens is 4. The molecule has 10 heteroatoms. The van der Waals surface area contributed by atoms with Crippen LogP contribution in [0.3, 0.4) is 0 Å². The van der Waals surface area contributed by atoms with E-state index in [-0.39, 0.29) is 11.4 Å². The Morgan fingerprint density at radius 3 is 2.42 bits per heavy atom. The van der Waals surface area contributed by atoms with Crippen LogP contribution in [-0.4, -0.2) is 46.8 Å². The van der Waals surface area contributed by atoms with Crippen LogP contribution >= 0.6 is 11.6 Å². The minimum absolute atomic E-state index is 0.177. The molecule has 8 nitrogen and oxygen atoms in total. The summed E-state index contributed by atoms with van der Waals surface area (Å²) < 4.78 is 33.3. The van der Waals surface area contributed by atoms with Gasteiger partial charge in [-0.25, -0.2) is 12.7 Å². The van der Waals surface area contributed by atoms with Gasteiger partial charge < -0.3 is 4.42 Å². The van der Waals surface area contributed by atoms with E-state index in [9.17, 15) is 8.42 Å². The molecule has 0 atom stereocenters. The van der Waals surface area contributed by atoms with Crippen LogP contribution in [0.2, 0.25) is 5.02 Å². The lowest BCUT2D eigenvalue weighted by Crippen LogP contribution is -2.23. The first kappa shape index (κ1) is 18.6.